The molecule has 0 aliphatic heterocycles. The number of carbonyl (C=O) groups is 1. The number of rotatable bonds is 7. The summed E-state index contributed by atoms with van der Waals surface area (Å²) >= 11 is 0. The number of aromatic nitrogens is 1. The number of benzene rings is 1. The minimum atomic E-state index is -0.254. The number of likely N-dealkylation sites (N-methyl/N-ethyl adjacent to an activating group) is 1. The van der Waals surface area contributed by atoms with Gasteiger partial charge in [0.05, 0.1) is 6.54 Å². The first-order valence-electron chi connectivity index (χ1n) is 7.66. The minimum absolute atomic E-state index is 0.0762. The second-order valence-corrected chi connectivity index (χ2v) is 5.91. The van der Waals surface area contributed by atoms with Gasteiger partial charge < -0.3 is 4.57 Å². The Morgan fingerprint density at radius 1 is 1.35 bits per heavy atom. The predicted molar refractivity (Wildman–Crippen MR) is 91.2 cm³/mol. The Labute approximate surface area is 137 Å². The van der Waals surface area contributed by atoms with Crippen molar-refractivity contribution >= 4 is 5.78 Å². The SMILES string of the molecule is C=CCn1c(C)cc(C(=O)CN(C)Cc2cccc(F)c2)c1C. The molecule has 0 saturated heterocycles. The fourth-order valence-electron chi connectivity index (χ4n) is 2.83. The molecule has 4 heteroatoms. The van der Waals surface area contributed by atoms with Crippen molar-refractivity contribution in [1.29, 1.82) is 0 Å². The Morgan fingerprint density at radius 2 is 2.09 bits per heavy atom. The van der Waals surface area contributed by atoms with Crippen LogP contribution in [-0.4, -0.2) is 28.8 Å². The van der Waals surface area contributed by atoms with Gasteiger partial charge in [-0.15, -0.1) is 6.58 Å². The summed E-state index contributed by atoms with van der Waals surface area (Å²) in [6, 6.07) is 8.39. The van der Waals surface area contributed by atoms with Crippen molar-refractivity contribution in [3.8, 4) is 0 Å². The molecule has 1 aromatic heterocycles. The fourth-order valence-corrected chi connectivity index (χ4v) is 2.83. The number of hydrogen-bond donors (Lipinski definition) is 0. The van der Waals surface area contributed by atoms with Gasteiger partial charge in [-0.05, 0) is 44.7 Å². The molecule has 2 rings (SSSR count). The number of allylic oxidation sites excluding steroid dienone is 1. The van der Waals surface area contributed by atoms with Gasteiger partial charge in [0.2, 0.25) is 0 Å². The largest absolute Gasteiger partial charge is 0.345 e. The van der Waals surface area contributed by atoms with Gasteiger partial charge in [0.15, 0.2) is 5.78 Å². The average molecular weight is 314 g/mol. The molecule has 0 fully saturated rings. The van der Waals surface area contributed by atoms with Gasteiger partial charge in [-0.25, -0.2) is 4.39 Å². The molecule has 0 radical (unpaired) electrons. The molecule has 3 nitrogen and oxygen atoms in total. The maximum atomic E-state index is 13.2. The topological polar surface area (TPSA) is 25.2 Å². The van der Waals surface area contributed by atoms with Gasteiger partial charge in [-0.1, -0.05) is 18.2 Å². The van der Waals surface area contributed by atoms with Crippen LogP contribution in [0.15, 0.2) is 43.0 Å². The monoisotopic (exact) mass is 314 g/mol. The van der Waals surface area contributed by atoms with Crippen molar-refractivity contribution in [2.45, 2.75) is 26.9 Å². The molecule has 0 unspecified atom stereocenters. The minimum Gasteiger partial charge on any atom is -0.345 e. The van der Waals surface area contributed by atoms with E-state index in [4.69, 9.17) is 0 Å². The highest BCUT2D eigenvalue weighted by atomic mass is 19.1. The van der Waals surface area contributed by atoms with E-state index < -0.39 is 0 Å². The van der Waals surface area contributed by atoms with Crippen LogP contribution in [0.2, 0.25) is 0 Å². The van der Waals surface area contributed by atoms with Gasteiger partial charge in [-0.2, -0.15) is 0 Å². The third-order valence-corrected chi connectivity index (χ3v) is 3.94. The molecule has 0 aliphatic carbocycles. The zero-order chi connectivity index (χ0) is 17.0. The number of carbonyl (C=O) groups excluding carboxylic acids is 1. The van der Waals surface area contributed by atoms with Crippen LogP contribution < -0.4 is 0 Å². The lowest BCUT2D eigenvalue weighted by molar-refractivity contribution is 0.0942. The van der Waals surface area contributed by atoms with E-state index in [0.717, 1.165) is 22.5 Å². The molecule has 1 aromatic carbocycles. The molecule has 0 N–H and O–H groups in total. The van der Waals surface area contributed by atoms with Crippen molar-refractivity contribution in [1.82, 2.24) is 9.47 Å². The first-order valence-corrected chi connectivity index (χ1v) is 7.66. The van der Waals surface area contributed by atoms with Gasteiger partial charge in [0, 0.05) is 30.0 Å². The van der Waals surface area contributed by atoms with E-state index in [1.807, 2.05) is 44.0 Å². The Balaban J connectivity index is 2.07. The fraction of sp³-hybridized carbons (Fsp3) is 0.316. The highest BCUT2D eigenvalue weighted by Gasteiger charge is 2.16. The average Bonchev–Trinajstić information content (AvgIpc) is 2.75. The summed E-state index contributed by atoms with van der Waals surface area (Å²) in [5, 5.41) is 0. The standard InChI is InChI=1S/C19H23FN2O/c1-5-9-22-14(2)10-18(15(22)3)19(23)13-21(4)12-16-7-6-8-17(20)11-16/h5-8,10-11H,1,9,12-13H2,2-4H3. The Hall–Kier alpha value is -2.20. The van der Waals surface area contributed by atoms with Crippen molar-refractivity contribution in [2.75, 3.05) is 13.6 Å². The second kappa shape index (κ2) is 7.38. The number of halogens is 1. The van der Waals surface area contributed by atoms with Crippen LogP contribution in [0.5, 0.6) is 0 Å². The lowest BCUT2D eigenvalue weighted by atomic mass is 10.1. The number of ketones is 1. The highest BCUT2D eigenvalue weighted by Crippen LogP contribution is 2.16. The molecular weight excluding hydrogens is 291 g/mol. The lowest BCUT2D eigenvalue weighted by Crippen LogP contribution is -2.26. The summed E-state index contributed by atoms with van der Waals surface area (Å²) in [4.78, 5) is 14.4. The normalized spacial score (nSPS) is 11.0. The molecule has 23 heavy (non-hydrogen) atoms. The van der Waals surface area contributed by atoms with E-state index in [0.29, 0.717) is 19.6 Å². The first-order chi connectivity index (χ1) is 10.9. The van der Waals surface area contributed by atoms with Crippen molar-refractivity contribution in [3.05, 3.63) is 71.3 Å². The zero-order valence-corrected chi connectivity index (χ0v) is 14.0. The summed E-state index contributed by atoms with van der Waals surface area (Å²) < 4.78 is 15.3. The Kier molecular flexibility index (Phi) is 5.50. The van der Waals surface area contributed by atoms with E-state index >= 15 is 0 Å². The van der Waals surface area contributed by atoms with Gasteiger partial charge >= 0.3 is 0 Å². The lowest BCUT2D eigenvalue weighted by Gasteiger charge is -2.16. The molecule has 0 amide bonds. The number of Topliss-reactive ketones (excluding diaryl/α,β-unsaturated/α-hetero) is 1. The zero-order valence-electron chi connectivity index (χ0n) is 14.0. The summed E-state index contributed by atoms with van der Waals surface area (Å²) in [5.41, 5.74) is 3.62. The molecule has 0 spiro atoms. The van der Waals surface area contributed by atoms with Gasteiger partial charge in [0.25, 0.3) is 0 Å². The molecular formula is C19H23FN2O. The summed E-state index contributed by atoms with van der Waals surface area (Å²) in [7, 11) is 1.87. The Morgan fingerprint density at radius 3 is 2.74 bits per heavy atom. The molecule has 122 valence electrons. The van der Waals surface area contributed by atoms with Crippen LogP contribution in [0, 0.1) is 19.7 Å². The van der Waals surface area contributed by atoms with Crippen LogP contribution in [0.3, 0.4) is 0 Å². The summed E-state index contributed by atoms with van der Waals surface area (Å²) in [6.07, 6.45) is 1.82. The highest BCUT2D eigenvalue weighted by molar-refractivity contribution is 5.99. The van der Waals surface area contributed by atoms with E-state index in [-0.39, 0.29) is 11.6 Å². The van der Waals surface area contributed by atoms with Crippen LogP contribution in [-0.2, 0) is 13.1 Å². The van der Waals surface area contributed by atoms with Crippen LogP contribution in [0.25, 0.3) is 0 Å². The summed E-state index contributed by atoms with van der Waals surface area (Å²) in [5.74, 6) is -0.178. The second-order valence-electron chi connectivity index (χ2n) is 5.91. The van der Waals surface area contributed by atoms with Crippen molar-refractivity contribution in [2.24, 2.45) is 0 Å². The van der Waals surface area contributed by atoms with Gasteiger partial charge in [-0.3, -0.25) is 9.69 Å². The maximum Gasteiger partial charge on any atom is 0.178 e. The Bertz CT molecular complexity index is 718. The van der Waals surface area contributed by atoms with E-state index in [1.54, 1.807) is 6.07 Å². The van der Waals surface area contributed by atoms with Crippen LogP contribution >= 0.6 is 0 Å². The van der Waals surface area contributed by atoms with Crippen LogP contribution in [0.4, 0.5) is 4.39 Å². The molecule has 0 atom stereocenters. The van der Waals surface area contributed by atoms with Crippen molar-refractivity contribution < 1.29 is 9.18 Å². The van der Waals surface area contributed by atoms with E-state index in [2.05, 4.69) is 11.1 Å². The third kappa shape index (κ3) is 4.17. The van der Waals surface area contributed by atoms with Crippen molar-refractivity contribution in [3.63, 3.8) is 0 Å². The predicted octanol–water partition coefficient (Wildman–Crippen LogP) is 3.74. The molecule has 1 heterocycles. The van der Waals surface area contributed by atoms with E-state index in [9.17, 15) is 9.18 Å². The summed E-state index contributed by atoms with van der Waals surface area (Å²) in [6.45, 7) is 9.23. The maximum absolute atomic E-state index is 13.2. The molecule has 0 aliphatic rings. The number of hydrogen-bond acceptors (Lipinski definition) is 2. The smallest absolute Gasteiger partial charge is 0.178 e. The van der Waals surface area contributed by atoms with Crippen LogP contribution in [0.1, 0.15) is 27.3 Å². The molecule has 0 saturated carbocycles. The molecule has 2 aromatic rings. The van der Waals surface area contributed by atoms with Gasteiger partial charge in [0.1, 0.15) is 5.82 Å². The quantitative estimate of drug-likeness (QED) is 0.574. The molecule has 0 bridgehead atoms. The number of nitrogens with zero attached hydrogens (tertiary/aromatic N) is 2. The third-order valence-electron chi connectivity index (χ3n) is 3.94. The van der Waals surface area contributed by atoms with E-state index in [1.165, 1.54) is 12.1 Å². The number of aryl methyl sites for hydroxylation is 1. The first kappa shape index (κ1) is 17.2.